The fourth-order valence-electron chi connectivity index (χ4n) is 4.94. The molecule has 0 spiro atoms. The van der Waals surface area contributed by atoms with Crippen LogP contribution in [0.3, 0.4) is 0 Å². The summed E-state index contributed by atoms with van der Waals surface area (Å²) in [5.74, 6) is 0.842. The van der Waals surface area contributed by atoms with Crippen molar-refractivity contribution in [3.8, 4) is 0 Å². The maximum atomic E-state index is 12.9. The van der Waals surface area contributed by atoms with Crippen molar-refractivity contribution in [2.75, 3.05) is 6.61 Å². The number of nitrogens with two attached hydrogens (primary N) is 1. The van der Waals surface area contributed by atoms with E-state index in [0.717, 1.165) is 19.4 Å². The van der Waals surface area contributed by atoms with Crippen molar-refractivity contribution in [3.05, 3.63) is 0 Å². The lowest BCUT2D eigenvalue weighted by Gasteiger charge is -2.65. The van der Waals surface area contributed by atoms with Crippen molar-refractivity contribution in [1.29, 1.82) is 0 Å². The first-order chi connectivity index (χ1) is 9.89. The van der Waals surface area contributed by atoms with Crippen LogP contribution in [0.4, 0.5) is 0 Å². The summed E-state index contributed by atoms with van der Waals surface area (Å²) in [6, 6.07) is 0.236. The van der Waals surface area contributed by atoms with Gasteiger partial charge in [-0.25, -0.2) is 0 Å². The SMILES string of the molecule is CC(NC(=O)C1(N)C2CCCOC2C1(C)C)C1CCCC1.Cl. The fraction of sp³-hybridized carbons (Fsp3) is 0.941. The number of carbonyl (C=O) groups excluding carboxylic acids is 1. The molecule has 1 heterocycles. The van der Waals surface area contributed by atoms with Crippen LogP contribution in [-0.2, 0) is 9.53 Å². The summed E-state index contributed by atoms with van der Waals surface area (Å²) in [6.07, 6.45) is 7.22. The van der Waals surface area contributed by atoms with Gasteiger partial charge in [0.15, 0.2) is 0 Å². The monoisotopic (exact) mass is 330 g/mol. The maximum absolute atomic E-state index is 12.9. The molecule has 3 aliphatic rings. The molecule has 128 valence electrons. The lowest BCUT2D eigenvalue weighted by molar-refractivity contribution is -0.225. The summed E-state index contributed by atoms with van der Waals surface area (Å²) in [7, 11) is 0. The van der Waals surface area contributed by atoms with Crippen LogP contribution >= 0.6 is 12.4 Å². The molecule has 1 amide bonds. The second-order valence-corrected chi connectivity index (χ2v) is 7.94. The highest BCUT2D eigenvalue weighted by molar-refractivity contribution is 5.89. The second kappa shape index (κ2) is 6.29. The third-order valence-electron chi connectivity index (χ3n) is 6.53. The zero-order chi connectivity index (χ0) is 15.3. The second-order valence-electron chi connectivity index (χ2n) is 7.94. The molecule has 0 aromatic carbocycles. The van der Waals surface area contributed by atoms with E-state index in [4.69, 9.17) is 10.5 Å². The van der Waals surface area contributed by atoms with Gasteiger partial charge in [-0.3, -0.25) is 4.79 Å². The molecule has 0 bridgehead atoms. The van der Waals surface area contributed by atoms with Crippen LogP contribution in [0.2, 0.25) is 0 Å². The number of nitrogens with one attached hydrogen (secondary N) is 1. The molecule has 1 aliphatic heterocycles. The van der Waals surface area contributed by atoms with E-state index in [1.54, 1.807) is 0 Å². The Labute approximate surface area is 140 Å². The van der Waals surface area contributed by atoms with Gasteiger partial charge < -0.3 is 15.8 Å². The number of hydrogen-bond donors (Lipinski definition) is 2. The molecule has 5 heteroatoms. The zero-order valence-electron chi connectivity index (χ0n) is 14.1. The molecular weight excluding hydrogens is 300 g/mol. The van der Waals surface area contributed by atoms with Gasteiger partial charge in [-0.05, 0) is 38.5 Å². The summed E-state index contributed by atoms with van der Waals surface area (Å²) in [5, 5.41) is 3.23. The van der Waals surface area contributed by atoms with E-state index < -0.39 is 5.54 Å². The van der Waals surface area contributed by atoms with E-state index in [0.29, 0.717) is 5.92 Å². The third kappa shape index (κ3) is 2.47. The molecule has 3 rings (SSSR count). The molecular formula is C17H31ClN2O2. The Hall–Kier alpha value is -0.320. The van der Waals surface area contributed by atoms with Gasteiger partial charge in [0.2, 0.25) is 5.91 Å². The quantitative estimate of drug-likeness (QED) is 0.836. The predicted molar refractivity (Wildman–Crippen MR) is 90.0 cm³/mol. The predicted octanol–water partition coefficient (Wildman–Crippen LogP) is 2.64. The summed E-state index contributed by atoms with van der Waals surface area (Å²) in [5.41, 5.74) is 5.58. The van der Waals surface area contributed by atoms with Crippen LogP contribution in [0.5, 0.6) is 0 Å². The van der Waals surface area contributed by atoms with Gasteiger partial charge in [0.05, 0.1) is 6.10 Å². The molecule has 0 aromatic rings. The Bertz CT molecular complexity index is 423. The van der Waals surface area contributed by atoms with E-state index in [2.05, 4.69) is 26.1 Å². The molecule has 3 N–H and O–H groups in total. The Kier molecular flexibility index (Phi) is 5.15. The molecule has 1 saturated heterocycles. The van der Waals surface area contributed by atoms with Gasteiger partial charge >= 0.3 is 0 Å². The highest BCUT2D eigenvalue weighted by Crippen LogP contribution is 2.57. The summed E-state index contributed by atoms with van der Waals surface area (Å²) in [6.45, 7) is 7.11. The number of amides is 1. The van der Waals surface area contributed by atoms with Gasteiger partial charge in [0, 0.05) is 24.0 Å². The summed E-state index contributed by atoms with van der Waals surface area (Å²) in [4.78, 5) is 12.9. The van der Waals surface area contributed by atoms with Crippen LogP contribution in [0.15, 0.2) is 0 Å². The lowest BCUT2D eigenvalue weighted by atomic mass is 9.46. The van der Waals surface area contributed by atoms with Gasteiger partial charge in [-0.15, -0.1) is 12.4 Å². The van der Waals surface area contributed by atoms with Gasteiger partial charge in [0.25, 0.3) is 0 Å². The fourth-order valence-corrected chi connectivity index (χ4v) is 4.94. The minimum Gasteiger partial charge on any atom is -0.377 e. The van der Waals surface area contributed by atoms with Crippen molar-refractivity contribution in [1.82, 2.24) is 5.32 Å². The van der Waals surface area contributed by atoms with Gasteiger partial charge in [0.1, 0.15) is 5.54 Å². The number of carbonyl (C=O) groups is 1. The summed E-state index contributed by atoms with van der Waals surface area (Å²) < 4.78 is 5.88. The van der Waals surface area contributed by atoms with E-state index in [9.17, 15) is 4.79 Å². The van der Waals surface area contributed by atoms with Crippen LogP contribution < -0.4 is 11.1 Å². The summed E-state index contributed by atoms with van der Waals surface area (Å²) >= 11 is 0. The van der Waals surface area contributed by atoms with Crippen molar-refractivity contribution < 1.29 is 9.53 Å². The van der Waals surface area contributed by atoms with Crippen molar-refractivity contribution in [2.45, 2.75) is 77.0 Å². The number of hydrogen-bond acceptors (Lipinski definition) is 3. The molecule has 22 heavy (non-hydrogen) atoms. The third-order valence-corrected chi connectivity index (χ3v) is 6.53. The average Bonchev–Trinajstić information content (AvgIpc) is 3.00. The zero-order valence-corrected chi connectivity index (χ0v) is 14.9. The molecule has 0 radical (unpaired) electrons. The average molecular weight is 331 g/mol. The normalized spacial score (nSPS) is 38.4. The Morgan fingerprint density at radius 3 is 2.50 bits per heavy atom. The first-order valence-corrected chi connectivity index (χ1v) is 8.60. The van der Waals surface area contributed by atoms with E-state index in [1.165, 1.54) is 25.7 Å². The molecule has 3 fully saturated rings. The lowest BCUT2D eigenvalue weighted by Crippen LogP contribution is -2.82. The smallest absolute Gasteiger partial charge is 0.241 e. The number of ether oxygens (including phenoxy) is 1. The maximum Gasteiger partial charge on any atom is 0.241 e. The Morgan fingerprint density at radius 2 is 1.86 bits per heavy atom. The van der Waals surface area contributed by atoms with Crippen molar-refractivity contribution >= 4 is 18.3 Å². The first-order valence-electron chi connectivity index (χ1n) is 8.60. The van der Waals surface area contributed by atoms with Gasteiger partial charge in [-0.2, -0.15) is 0 Å². The van der Waals surface area contributed by atoms with Crippen LogP contribution in [0.1, 0.15) is 59.3 Å². The molecule has 0 aromatic heterocycles. The topological polar surface area (TPSA) is 64.4 Å². The number of halogens is 1. The Morgan fingerprint density at radius 1 is 1.23 bits per heavy atom. The van der Waals surface area contributed by atoms with E-state index >= 15 is 0 Å². The highest BCUT2D eigenvalue weighted by atomic mass is 35.5. The largest absolute Gasteiger partial charge is 0.377 e. The van der Waals surface area contributed by atoms with E-state index in [1.807, 2.05) is 0 Å². The molecule has 2 saturated carbocycles. The minimum atomic E-state index is -0.773. The van der Waals surface area contributed by atoms with Crippen LogP contribution in [0, 0.1) is 17.3 Å². The molecule has 4 atom stereocenters. The molecule has 4 nitrogen and oxygen atoms in total. The minimum absolute atomic E-state index is 0. The first kappa shape index (κ1) is 18.0. The molecule has 2 aliphatic carbocycles. The standard InChI is InChI=1S/C17H30N2O2.ClH/c1-11(12-7-4-5-8-12)19-15(20)17(18)13-9-6-10-21-14(13)16(17,2)3;/h11-14H,4-10,18H2,1-3H3,(H,19,20);1H. The van der Waals surface area contributed by atoms with E-state index in [-0.39, 0.29) is 41.8 Å². The van der Waals surface area contributed by atoms with Crippen LogP contribution in [0.25, 0.3) is 0 Å². The molecule has 4 unspecified atom stereocenters. The highest BCUT2D eigenvalue weighted by Gasteiger charge is 2.70. The van der Waals surface area contributed by atoms with Crippen molar-refractivity contribution in [3.63, 3.8) is 0 Å². The number of fused-ring (bicyclic) bond motifs is 1. The van der Waals surface area contributed by atoms with Gasteiger partial charge in [-0.1, -0.05) is 26.7 Å². The Balaban J connectivity index is 0.00000176. The van der Waals surface area contributed by atoms with Crippen LogP contribution in [-0.4, -0.2) is 30.2 Å². The number of rotatable bonds is 3. The van der Waals surface area contributed by atoms with Crippen molar-refractivity contribution in [2.24, 2.45) is 23.0 Å².